The van der Waals surface area contributed by atoms with Crippen LogP contribution in [-0.2, 0) is 23.1 Å². The summed E-state index contributed by atoms with van der Waals surface area (Å²) >= 11 is 1.22. The summed E-state index contributed by atoms with van der Waals surface area (Å²) in [6, 6.07) is 24.6. The second kappa shape index (κ2) is 11.4. The highest BCUT2D eigenvalue weighted by molar-refractivity contribution is 8.04. The lowest BCUT2D eigenvalue weighted by Gasteiger charge is -2.16. The van der Waals surface area contributed by atoms with E-state index in [1.54, 1.807) is 16.4 Å². The molecule has 1 aliphatic heterocycles. The van der Waals surface area contributed by atoms with Gasteiger partial charge in [0.1, 0.15) is 16.3 Å². The first kappa shape index (κ1) is 27.3. The van der Waals surface area contributed by atoms with Crippen LogP contribution in [0.1, 0.15) is 36.6 Å². The molecule has 1 aliphatic rings. The Balaban J connectivity index is 1.55. The van der Waals surface area contributed by atoms with Gasteiger partial charge in [-0.25, -0.2) is 9.58 Å². The molecule has 1 aromatic heterocycles. The van der Waals surface area contributed by atoms with E-state index in [1.165, 1.54) is 16.7 Å². The molecular weight excluding hydrogens is 520 g/mol. The van der Waals surface area contributed by atoms with Gasteiger partial charge >= 0.3 is 0 Å². The highest BCUT2D eigenvalue weighted by Gasteiger charge is 2.41. The van der Waals surface area contributed by atoms with Gasteiger partial charge in [0.25, 0.3) is 17.4 Å². The molecule has 4 aromatic rings. The molecule has 40 heavy (non-hydrogen) atoms. The van der Waals surface area contributed by atoms with E-state index in [0.29, 0.717) is 17.1 Å². The van der Waals surface area contributed by atoms with E-state index in [-0.39, 0.29) is 21.8 Å². The van der Waals surface area contributed by atoms with Gasteiger partial charge in [-0.3, -0.25) is 19.1 Å². The van der Waals surface area contributed by atoms with Crippen LogP contribution in [0.15, 0.2) is 99.2 Å². The van der Waals surface area contributed by atoms with Gasteiger partial charge in [-0.1, -0.05) is 73.1 Å². The fourth-order valence-corrected chi connectivity index (χ4v) is 5.63. The number of carbonyl (C=O) groups excluding carboxylic acids is 2. The molecule has 0 bridgehead atoms. The summed E-state index contributed by atoms with van der Waals surface area (Å²) in [5.41, 5.74) is 4.13. The summed E-state index contributed by atoms with van der Waals surface area (Å²) in [6.07, 6.45) is 3.11. The maximum Gasteiger partial charge on any atom is 0.295 e. The average Bonchev–Trinajstić information content (AvgIpc) is 3.32. The largest absolute Gasteiger partial charge is 0.344 e. The fourth-order valence-electron chi connectivity index (χ4n) is 4.70. The minimum absolute atomic E-state index is 0.0941. The van der Waals surface area contributed by atoms with E-state index in [0.717, 1.165) is 35.3 Å². The van der Waals surface area contributed by atoms with Crippen molar-refractivity contribution >= 4 is 35.0 Å². The van der Waals surface area contributed by atoms with Crippen LogP contribution < -0.4 is 15.8 Å². The number of rotatable bonds is 9. The summed E-state index contributed by atoms with van der Waals surface area (Å²) < 4.78 is 3.28. The lowest BCUT2D eigenvalue weighted by molar-refractivity contribution is -0.120. The number of hydrogen-bond donors (Lipinski definition) is 1. The minimum Gasteiger partial charge on any atom is -0.344 e. The van der Waals surface area contributed by atoms with Crippen molar-refractivity contribution in [1.82, 2.24) is 9.36 Å². The number of amides is 2. The van der Waals surface area contributed by atoms with Crippen LogP contribution in [-0.4, -0.2) is 21.2 Å². The first-order valence-corrected chi connectivity index (χ1v) is 14.2. The number of carbonyl (C=O) groups is 2. The highest BCUT2D eigenvalue weighted by atomic mass is 32.2. The molecule has 0 atom stereocenters. The van der Waals surface area contributed by atoms with Gasteiger partial charge in [-0.2, -0.15) is 0 Å². The number of nitrogens with one attached hydrogen (secondary N) is 1. The third-order valence-electron chi connectivity index (χ3n) is 7.10. The molecule has 0 radical (unpaired) electrons. The summed E-state index contributed by atoms with van der Waals surface area (Å²) in [6.45, 7) is 5.95. The van der Waals surface area contributed by atoms with E-state index in [4.69, 9.17) is 0 Å². The van der Waals surface area contributed by atoms with Crippen molar-refractivity contribution in [3.05, 3.63) is 117 Å². The molecular formula is C32H32N4O3S. The van der Waals surface area contributed by atoms with E-state index < -0.39 is 11.8 Å². The maximum absolute atomic E-state index is 13.9. The fraction of sp³-hybridized carbons (Fsp3) is 0.219. The van der Waals surface area contributed by atoms with Gasteiger partial charge in [0.15, 0.2) is 0 Å². The zero-order valence-electron chi connectivity index (χ0n) is 23.1. The summed E-state index contributed by atoms with van der Waals surface area (Å²) in [4.78, 5) is 43.5. The number of para-hydroxylation sites is 1. The van der Waals surface area contributed by atoms with Crippen molar-refractivity contribution in [2.75, 3.05) is 10.2 Å². The zero-order valence-corrected chi connectivity index (χ0v) is 23.9. The molecule has 0 fully saturated rings. The normalized spacial score (nSPS) is 13.4. The highest BCUT2D eigenvalue weighted by Crippen LogP contribution is 2.38. The number of hydrogen-bond acceptors (Lipinski definition) is 5. The number of thioether (sulfide) groups is 1. The third kappa shape index (κ3) is 5.14. The van der Waals surface area contributed by atoms with Crippen molar-refractivity contribution in [3.63, 3.8) is 0 Å². The van der Waals surface area contributed by atoms with Gasteiger partial charge in [0.05, 0.1) is 17.1 Å². The van der Waals surface area contributed by atoms with Crippen LogP contribution in [0.3, 0.4) is 0 Å². The Kier molecular flexibility index (Phi) is 7.80. The second-order valence-electron chi connectivity index (χ2n) is 9.90. The van der Waals surface area contributed by atoms with Crippen molar-refractivity contribution in [2.24, 2.45) is 7.05 Å². The monoisotopic (exact) mass is 552 g/mol. The van der Waals surface area contributed by atoms with Gasteiger partial charge in [0.2, 0.25) is 0 Å². The van der Waals surface area contributed by atoms with Crippen molar-refractivity contribution < 1.29 is 9.59 Å². The quantitative estimate of drug-likeness (QED) is 0.253. The van der Waals surface area contributed by atoms with Crippen LogP contribution >= 0.6 is 11.8 Å². The number of aryl methyl sites for hydroxylation is 2. The van der Waals surface area contributed by atoms with Crippen molar-refractivity contribution in [2.45, 2.75) is 44.9 Å². The topological polar surface area (TPSA) is 76.3 Å². The molecule has 2 amide bonds. The summed E-state index contributed by atoms with van der Waals surface area (Å²) in [7, 11) is 1.79. The molecule has 2 heterocycles. The average molecular weight is 553 g/mol. The van der Waals surface area contributed by atoms with Crippen LogP contribution in [0, 0.1) is 13.8 Å². The van der Waals surface area contributed by atoms with Crippen LogP contribution in [0.5, 0.6) is 0 Å². The smallest absolute Gasteiger partial charge is 0.295 e. The van der Waals surface area contributed by atoms with Gasteiger partial charge < -0.3 is 5.32 Å². The number of benzene rings is 3. The molecule has 5 rings (SSSR count). The molecule has 0 unspecified atom stereocenters. The molecule has 1 N–H and O–H groups in total. The van der Waals surface area contributed by atoms with Crippen molar-refractivity contribution in [3.8, 4) is 5.69 Å². The number of nitrogens with zero attached hydrogens (tertiary/aromatic N) is 3. The number of imide groups is 1. The van der Waals surface area contributed by atoms with E-state index in [1.807, 2.05) is 92.7 Å². The standard InChI is InChI=1S/C32H32N4O3S/c1-5-6-10-23-15-17-24(18-16-23)35-30(37)28(29(32(35)39)40-26-19-13-21(2)14-20-26)33-27-22(3)34(4)36(31(27)38)25-11-8-7-9-12-25/h7-9,11-20,33H,5-6,10H2,1-4H3. The van der Waals surface area contributed by atoms with E-state index >= 15 is 0 Å². The minimum atomic E-state index is -0.491. The van der Waals surface area contributed by atoms with Gasteiger partial charge in [-0.05, 0) is 68.7 Å². The first-order chi connectivity index (χ1) is 19.3. The molecule has 3 aromatic carbocycles. The van der Waals surface area contributed by atoms with E-state index in [9.17, 15) is 14.4 Å². The van der Waals surface area contributed by atoms with Gasteiger partial charge in [0, 0.05) is 11.9 Å². The maximum atomic E-state index is 13.9. The lowest BCUT2D eigenvalue weighted by atomic mass is 10.1. The number of unbranched alkanes of at least 4 members (excludes halogenated alkanes) is 1. The molecule has 204 valence electrons. The second-order valence-corrected chi connectivity index (χ2v) is 11.0. The predicted octanol–water partition coefficient (Wildman–Crippen LogP) is 6.12. The Labute approximate surface area is 238 Å². The Bertz CT molecular complexity index is 1650. The molecule has 7 nitrogen and oxygen atoms in total. The summed E-state index contributed by atoms with van der Waals surface area (Å²) in [5.74, 6) is -0.911. The lowest BCUT2D eigenvalue weighted by Crippen LogP contribution is -2.32. The molecule has 0 aliphatic carbocycles. The van der Waals surface area contributed by atoms with Crippen LogP contribution in [0.2, 0.25) is 0 Å². The van der Waals surface area contributed by atoms with Crippen LogP contribution in [0.25, 0.3) is 5.69 Å². The Morgan fingerprint density at radius 1 is 0.800 bits per heavy atom. The molecule has 8 heteroatoms. The number of aromatic nitrogens is 2. The Hall–Kier alpha value is -4.30. The zero-order chi connectivity index (χ0) is 28.4. The van der Waals surface area contributed by atoms with Gasteiger partial charge in [-0.15, -0.1) is 0 Å². The number of anilines is 2. The van der Waals surface area contributed by atoms with Crippen molar-refractivity contribution in [1.29, 1.82) is 0 Å². The molecule has 0 spiro atoms. The Morgan fingerprint density at radius 3 is 2.12 bits per heavy atom. The first-order valence-electron chi connectivity index (χ1n) is 13.4. The SMILES string of the molecule is CCCCc1ccc(N2C(=O)C(Nc3c(C)n(C)n(-c4ccccc4)c3=O)=C(Sc3ccc(C)cc3)C2=O)cc1. The van der Waals surface area contributed by atoms with Crippen LogP contribution in [0.4, 0.5) is 11.4 Å². The third-order valence-corrected chi connectivity index (χ3v) is 8.19. The molecule has 0 saturated heterocycles. The summed E-state index contributed by atoms with van der Waals surface area (Å²) in [5, 5.41) is 3.10. The van der Waals surface area contributed by atoms with E-state index in [2.05, 4.69) is 12.2 Å². The molecule has 0 saturated carbocycles. The predicted molar refractivity (Wildman–Crippen MR) is 161 cm³/mol. The Morgan fingerprint density at radius 2 is 1.48 bits per heavy atom.